The van der Waals surface area contributed by atoms with Crippen LogP contribution in [0.3, 0.4) is 0 Å². The van der Waals surface area contributed by atoms with Crippen molar-refractivity contribution >= 4 is 15.9 Å². The van der Waals surface area contributed by atoms with Gasteiger partial charge in [0.25, 0.3) is 0 Å². The maximum absolute atomic E-state index is 4.10. The maximum atomic E-state index is 4.10. The predicted octanol–water partition coefficient (Wildman–Crippen LogP) is 2.55. The van der Waals surface area contributed by atoms with E-state index in [0.717, 1.165) is 11.0 Å². The van der Waals surface area contributed by atoms with Crippen LogP contribution in [0.2, 0.25) is 0 Å². The minimum absolute atomic E-state index is 0.980. The van der Waals surface area contributed by atoms with E-state index in [0.29, 0.717) is 0 Å². The molecule has 0 saturated carbocycles. The van der Waals surface area contributed by atoms with Crippen molar-refractivity contribution in [3.8, 4) is 0 Å². The fourth-order valence-corrected chi connectivity index (χ4v) is 1.18. The molecule has 11 heavy (non-hydrogen) atoms. The second-order valence-electron chi connectivity index (χ2n) is 2.59. The number of rotatable bonds is 3. The van der Waals surface area contributed by atoms with Crippen LogP contribution in [0.5, 0.6) is 0 Å². The lowest BCUT2D eigenvalue weighted by Gasteiger charge is -2.01. The molecule has 1 heterocycles. The van der Waals surface area contributed by atoms with Gasteiger partial charge in [0.2, 0.25) is 0 Å². The van der Waals surface area contributed by atoms with Crippen LogP contribution in [-0.2, 0) is 6.54 Å². The van der Waals surface area contributed by atoms with E-state index in [1.807, 2.05) is 11.6 Å². The van der Waals surface area contributed by atoms with Gasteiger partial charge in [0.1, 0.15) is 6.20 Å². The Balaban J connectivity index is 2.63. The van der Waals surface area contributed by atoms with Crippen molar-refractivity contribution in [1.82, 2.24) is 9.78 Å². The van der Waals surface area contributed by atoms with E-state index in [2.05, 4.69) is 34.1 Å². The summed E-state index contributed by atoms with van der Waals surface area (Å²) >= 11 is 3.37. The summed E-state index contributed by atoms with van der Waals surface area (Å²) in [5.74, 6) is 0. The van der Waals surface area contributed by atoms with Crippen molar-refractivity contribution in [2.45, 2.75) is 33.2 Å². The largest absolute Gasteiger partial charge is 0.268 e. The highest BCUT2D eigenvalue weighted by molar-refractivity contribution is 9.10. The number of nitrogens with zero attached hydrogens (tertiary/aromatic N) is 2. The smallest absolute Gasteiger partial charge is 0.128 e. The molecule has 1 aromatic rings. The van der Waals surface area contributed by atoms with Crippen molar-refractivity contribution in [2.75, 3.05) is 0 Å². The molecule has 0 aliphatic carbocycles. The Bertz CT molecular complexity index is 230. The Morgan fingerprint density at radius 3 is 2.82 bits per heavy atom. The molecule has 0 amide bonds. The third kappa shape index (κ3) is 2.06. The Labute approximate surface area is 75.7 Å². The molecule has 61 valence electrons. The van der Waals surface area contributed by atoms with Crippen molar-refractivity contribution < 1.29 is 0 Å². The average molecular weight is 216 g/mol. The van der Waals surface area contributed by atoms with Crippen LogP contribution in [-0.4, -0.2) is 9.78 Å². The molecule has 0 aliphatic rings. The summed E-state index contributed by atoms with van der Waals surface area (Å²) in [5.41, 5.74) is 1.17. The zero-order valence-electron chi connectivity index (χ0n) is 6.89. The van der Waals surface area contributed by atoms with Crippen LogP contribution in [0.25, 0.3) is 0 Å². The molecule has 3 heteroatoms. The molecule has 1 rings (SSSR count). The van der Waals surface area contributed by atoms with Gasteiger partial charge in [0.15, 0.2) is 0 Å². The highest BCUT2D eigenvalue weighted by Crippen LogP contribution is 2.13. The Kier molecular flexibility index (Phi) is 3.12. The quantitative estimate of drug-likeness (QED) is 0.759. The van der Waals surface area contributed by atoms with Gasteiger partial charge in [-0.15, -0.1) is 0 Å². The van der Waals surface area contributed by atoms with E-state index in [-0.39, 0.29) is 0 Å². The number of hydrogen-bond acceptors (Lipinski definition) is 1. The molecule has 1 radical (unpaired) electrons. The minimum Gasteiger partial charge on any atom is -0.268 e. The summed E-state index contributed by atoms with van der Waals surface area (Å²) in [6.07, 6.45) is 5.26. The third-order valence-electron chi connectivity index (χ3n) is 1.70. The molecule has 0 aliphatic heterocycles. The Morgan fingerprint density at radius 2 is 2.36 bits per heavy atom. The first-order chi connectivity index (χ1) is 5.25. The van der Waals surface area contributed by atoms with Gasteiger partial charge < -0.3 is 0 Å². The molecule has 0 atom stereocenters. The van der Waals surface area contributed by atoms with Gasteiger partial charge in [-0.1, -0.05) is 13.3 Å². The summed E-state index contributed by atoms with van der Waals surface area (Å²) in [6, 6.07) is 0. The van der Waals surface area contributed by atoms with Crippen LogP contribution in [0.15, 0.2) is 4.47 Å². The number of aryl methyl sites for hydroxylation is 1. The van der Waals surface area contributed by atoms with Gasteiger partial charge in [-0.3, -0.25) is 4.68 Å². The van der Waals surface area contributed by atoms with Gasteiger partial charge in [0, 0.05) is 6.54 Å². The van der Waals surface area contributed by atoms with E-state index in [4.69, 9.17) is 0 Å². The van der Waals surface area contributed by atoms with E-state index in [9.17, 15) is 0 Å². The van der Waals surface area contributed by atoms with Gasteiger partial charge in [-0.05, 0) is 29.3 Å². The summed E-state index contributed by atoms with van der Waals surface area (Å²) in [5, 5.41) is 4.10. The van der Waals surface area contributed by atoms with Gasteiger partial charge in [-0.25, -0.2) is 0 Å². The highest BCUT2D eigenvalue weighted by Gasteiger charge is 2.01. The number of unbranched alkanes of at least 4 members (excludes halogenated alkanes) is 1. The lowest BCUT2D eigenvalue weighted by Crippen LogP contribution is -2.01. The van der Waals surface area contributed by atoms with E-state index >= 15 is 0 Å². The molecule has 0 saturated heterocycles. The van der Waals surface area contributed by atoms with Crippen LogP contribution >= 0.6 is 15.9 Å². The van der Waals surface area contributed by atoms with E-state index in [1.165, 1.54) is 18.5 Å². The number of aromatic nitrogens is 2. The fourth-order valence-electron chi connectivity index (χ4n) is 0.899. The Morgan fingerprint density at radius 1 is 1.64 bits per heavy atom. The van der Waals surface area contributed by atoms with Crippen LogP contribution in [0, 0.1) is 13.1 Å². The topological polar surface area (TPSA) is 17.8 Å². The minimum atomic E-state index is 0.980. The van der Waals surface area contributed by atoms with Crippen LogP contribution < -0.4 is 0 Å². The first-order valence-corrected chi connectivity index (χ1v) is 4.65. The second-order valence-corrected chi connectivity index (χ2v) is 3.38. The second kappa shape index (κ2) is 3.90. The van der Waals surface area contributed by atoms with Gasteiger partial charge in [-0.2, -0.15) is 5.10 Å². The van der Waals surface area contributed by atoms with Crippen molar-refractivity contribution in [1.29, 1.82) is 0 Å². The van der Waals surface area contributed by atoms with Crippen LogP contribution in [0.1, 0.15) is 25.5 Å². The lowest BCUT2D eigenvalue weighted by molar-refractivity contribution is 0.558. The monoisotopic (exact) mass is 215 g/mol. The molecule has 0 unspecified atom stereocenters. The maximum Gasteiger partial charge on any atom is 0.128 e. The van der Waals surface area contributed by atoms with Crippen molar-refractivity contribution in [3.05, 3.63) is 16.4 Å². The van der Waals surface area contributed by atoms with E-state index < -0.39 is 0 Å². The average Bonchev–Trinajstić information content (AvgIpc) is 2.31. The van der Waals surface area contributed by atoms with Gasteiger partial charge in [0.05, 0.1) is 10.2 Å². The molecule has 0 fully saturated rings. The zero-order chi connectivity index (χ0) is 8.27. The van der Waals surface area contributed by atoms with E-state index in [1.54, 1.807) is 0 Å². The molecular formula is C8H12BrN2. The molecule has 2 nitrogen and oxygen atoms in total. The van der Waals surface area contributed by atoms with Crippen molar-refractivity contribution in [3.63, 3.8) is 0 Å². The molecule has 0 bridgehead atoms. The standard InChI is InChI=1S/C8H12BrN2/c1-3-4-5-11-7(2)8(9)6-10-11/h3-5H2,1-2H3. The van der Waals surface area contributed by atoms with Gasteiger partial charge >= 0.3 is 0 Å². The first kappa shape index (κ1) is 8.78. The van der Waals surface area contributed by atoms with Crippen molar-refractivity contribution in [2.24, 2.45) is 0 Å². The highest BCUT2D eigenvalue weighted by atomic mass is 79.9. The lowest BCUT2D eigenvalue weighted by atomic mass is 10.3. The molecule has 0 aromatic carbocycles. The first-order valence-electron chi connectivity index (χ1n) is 3.86. The number of halogens is 1. The SMILES string of the molecule is CCCCn1n[c]c(Br)c1C. The summed E-state index contributed by atoms with van der Waals surface area (Å²) in [6.45, 7) is 5.23. The fraction of sp³-hybridized carbons (Fsp3) is 0.625. The summed E-state index contributed by atoms with van der Waals surface area (Å²) in [4.78, 5) is 0. The summed E-state index contributed by atoms with van der Waals surface area (Å²) in [7, 11) is 0. The molecule has 0 N–H and O–H groups in total. The molecule has 1 aromatic heterocycles. The summed E-state index contributed by atoms with van der Waals surface area (Å²) < 4.78 is 2.96. The normalized spacial score (nSPS) is 10.5. The molecular weight excluding hydrogens is 204 g/mol. The Hall–Kier alpha value is -0.310. The molecule has 0 spiro atoms. The van der Waals surface area contributed by atoms with Crippen LogP contribution in [0.4, 0.5) is 0 Å². The predicted molar refractivity (Wildman–Crippen MR) is 48.4 cm³/mol. The third-order valence-corrected chi connectivity index (χ3v) is 2.45. The number of hydrogen-bond donors (Lipinski definition) is 0. The zero-order valence-corrected chi connectivity index (χ0v) is 8.48.